The molecule has 5 nitrogen and oxygen atoms in total. The van der Waals surface area contributed by atoms with Gasteiger partial charge in [-0.25, -0.2) is 0 Å². The minimum atomic E-state index is -0.420. The Balaban J connectivity index is 1.98. The number of nitriles is 1. The van der Waals surface area contributed by atoms with Crippen LogP contribution in [-0.2, 0) is 9.59 Å². The molecule has 1 saturated carbocycles. The molecular weight excluding hydrogens is 206 g/mol. The van der Waals surface area contributed by atoms with E-state index in [2.05, 4.69) is 11.4 Å². The lowest BCUT2D eigenvalue weighted by Crippen LogP contribution is -2.44. The number of carbonyl (C=O) groups is 2. The van der Waals surface area contributed by atoms with Gasteiger partial charge in [-0.05, 0) is 12.8 Å². The van der Waals surface area contributed by atoms with E-state index in [0.29, 0.717) is 0 Å². The van der Waals surface area contributed by atoms with Crippen LogP contribution in [0.25, 0.3) is 0 Å². The molecular formula is C11H15N3O2. The average Bonchev–Trinajstić information content (AvgIpc) is 2.81. The highest BCUT2D eigenvalue weighted by Gasteiger charge is 2.39. The third-order valence-electron chi connectivity index (χ3n) is 3.48. The van der Waals surface area contributed by atoms with Gasteiger partial charge in [0.05, 0.1) is 24.4 Å². The van der Waals surface area contributed by atoms with E-state index in [0.717, 1.165) is 24.2 Å². The maximum Gasteiger partial charge on any atom is 0.246 e. The lowest BCUT2D eigenvalue weighted by molar-refractivity contribution is -0.137. The second-order valence-corrected chi connectivity index (χ2v) is 4.49. The Bertz CT molecular complexity index is 361. The fraction of sp³-hybridized carbons (Fsp3) is 0.727. The van der Waals surface area contributed by atoms with Crippen LogP contribution in [0.4, 0.5) is 0 Å². The van der Waals surface area contributed by atoms with Crippen LogP contribution in [0.5, 0.6) is 0 Å². The van der Waals surface area contributed by atoms with Crippen molar-refractivity contribution in [2.75, 3.05) is 7.05 Å². The van der Waals surface area contributed by atoms with Crippen molar-refractivity contribution in [1.29, 1.82) is 5.26 Å². The van der Waals surface area contributed by atoms with E-state index >= 15 is 0 Å². The van der Waals surface area contributed by atoms with E-state index in [4.69, 9.17) is 5.26 Å². The zero-order chi connectivity index (χ0) is 11.7. The van der Waals surface area contributed by atoms with Crippen LogP contribution >= 0.6 is 0 Å². The Morgan fingerprint density at radius 1 is 1.44 bits per heavy atom. The summed E-state index contributed by atoms with van der Waals surface area (Å²) in [7, 11) is 1.50. The van der Waals surface area contributed by atoms with Crippen molar-refractivity contribution in [3.8, 4) is 6.07 Å². The molecule has 0 aromatic rings. The quantitative estimate of drug-likeness (QED) is 0.667. The molecule has 0 bridgehead atoms. The number of nitrogens with zero attached hydrogens (tertiary/aromatic N) is 2. The van der Waals surface area contributed by atoms with Crippen molar-refractivity contribution < 1.29 is 9.59 Å². The monoisotopic (exact) mass is 221 g/mol. The summed E-state index contributed by atoms with van der Waals surface area (Å²) in [5, 5.41) is 12.1. The minimum Gasteiger partial charge on any atom is -0.301 e. The molecule has 1 aliphatic carbocycles. The zero-order valence-corrected chi connectivity index (χ0v) is 9.27. The largest absolute Gasteiger partial charge is 0.301 e. The standard InChI is InChI=1S/C11H15N3O2/c1-14-10(15)5-9(11(14)16)13-8-4-2-3-7(8)6-12/h7-9,13H,2-5H2,1H3. The fourth-order valence-corrected chi connectivity index (χ4v) is 2.46. The predicted octanol–water partition coefficient (Wildman–Crippen LogP) is 0.0256. The van der Waals surface area contributed by atoms with Crippen LogP contribution < -0.4 is 5.32 Å². The van der Waals surface area contributed by atoms with E-state index in [1.807, 2.05) is 0 Å². The fourth-order valence-electron chi connectivity index (χ4n) is 2.46. The molecule has 86 valence electrons. The summed E-state index contributed by atoms with van der Waals surface area (Å²) in [6, 6.07) is 1.90. The normalized spacial score (nSPS) is 34.5. The van der Waals surface area contributed by atoms with Crippen molar-refractivity contribution in [3.63, 3.8) is 0 Å². The predicted molar refractivity (Wildman–Crippen MR) is 56.1 cm³/mol. The lowest BCUT2D eigenvalue weighted by Gasteiger charge is -2.19. The van der Waals surface area contributed by atoms with Gasteiger partial charge in [0.1, 0.15) is 0 Å². The molecule has 1 aliphatic heterocycles. The van der Waals surface area contributed by atoms with Crippen LogP contribution in [0.2, 0.25) is 0 Å². The highest BCUT2D eigenvalue weighted by atomic mass is 16.2. The summed E-state index contributed by atoms with van der Waals surface area (Å²) in [5.74, 6) is -0.337. The third-order valence-corrected chi connectivity index (χ3v) is 3.48. The summed E-state index contributed by atoms with van der Waals surface area (Å²) in [6.45, 7) is 0. The second kappa shape index (κ2) is 4.22. The van der Waals surface area contributed by atoms with Gasteiger partial charge in [0.2, 0.25) is 11.8 Å². The van der Waals surface area contributed by atoms with Crippen LogP contribution in [0.3, 0.4) is 0 Å². The van der Waals surface area contributed by atoms with Crippen molar-refractivity contribution in [2.24, 2.45) is 5.92 Å². The van der Waals surface area contributed by atoms with Crippen LogP contribution in [0.15, 0.2) is 0 Å². The number of likely N-dealkylation sites (tertiary alicyclic amines) is 1. The molecule has 2 fully saturated rings. The van der Waals surface area contributed by atoms with Gasteiger partial charge in [0.15, 0.2) is 0 Å². The summed E-state index contributed by atoms with van der Waals surface area (Å²) in [6.07, 6.45) is 3.04. The minimum absolute atomic E-state index is 0.0196. The highest BCUT2D eigenvalue weighted by Crippen LogP contribution is 2.26. The Morgan fingerprint density at radius 2 is 2.19 bits per heavy atom. The molecule has 0 radical (unpaired) electrons. The van der Waals surface area contributed by atoms with Gasteiger partial charge in [-0.2, -0.15) is 5.26 Å². The van der Waals surface area contributed by atoms with Crippen LogP contribution in [0.1, 0.15) is 25.7 Å². The van der Waals surface area contributed by atoms with Gasteiger partial charge in [-0.15, -0.1) is 0 Å². The number of hydrogen-bond donors (Lipinski definition) is 1. The Morgan fingerprint density at radius 3 is 2.75 bits per heavy atom. The summed E-state index contributed by atoms with van der Waals surface area (Å²) in [5.41, 5.74) is 0. The molecule has 2 amide bonds. The average molecular weight is 221 g/mol. The van der Waals surface area contributed by atoms with Crippen LogP contribution in [-0.4, -0.2) is 35.8 Å². The number of rotatable bonds is 2. The number of likely N-dealkylation sites (N-methyl/N-ethyl adjacent to an activating group) is 1. The smallest absolute Gasteiger partial charge is 0.246 e. The van der Waals surface area contributed by atoms with Crippen LogP contribution in [0, 0.1) is 17.2 Å². The lowest BCUT2D eigenvalue weighted by atomic mass is 10.0. The Kier molecular flexibility index (Phi) is 2.92. The number of hydrogen-bond acceptors (Lipinski definition) is 4. The number of nitrogens with one attached hydrogen (secondary N) is 1. The van der Waals surface area contributed by atoms with Crippen molar-refractivity contribution in [2.45, 2.75) is 37.8 Å². The van der Waals surface area contributed by atoms with Gasteiger partial charge >= 0.3 is 0 Å². The van der Waals surface area contributed by atoms with E-state index in [1.54, 1.807) is 0 Å². The Hall–Kier alpha value is -1.41. The molecule has 3 unspecified atom stereocenters. The van der Waals surface area contributed by atoms with Crippen molar-refractivity contribution in [3.05, 3.63) is 0 Å². The first-order chi connectivity index (χ1) is 7.63. The summed E-state index contributed by atoms with van der Waals surface area (Å²) < 4.78 is 0. The second-order valence-electron chi connectivity index (χ2n) is 4.49. The molecule has 0 aromatic carbocycles. The van der Waals surface area contributed by atoms with Gasteiger partial charge in [0, 0.05) is 13.1 Å². The van der Waals surface area contributed by atoms with Crippen molar-refractivity contribution in [1.82, 2.24) is 10.2 Å². The van der Waals surface area contributed by atoms with Gasteiger partial charge in [-0.1, -0.05) is 6.42 Å². The molecule has 0 aromatic heterocycles. The maximum atomic E-state index is 11.7. The number of carbonyl (C=O) groups excluding carboxylic acids is 2. The summed E-state index contributed by atoms with van der Waals surface area (Å²) in [4.78, 5) is 24.1. The molecule has 1 saturated heterocycles. The molecule has 1 heterocycles. The zero-order valence-electron chi connectivity index (χ0n) is 9.27. The van der Waals surface area contributed by atoms with E-state index < -0.39 is 6.04 Å². The first kappa shape index (κ1) is 11.1. The highest BCUT2D eigenvalue weighted by molar-refractivity contribution is 6.05. The molecule has 5 heteroatoms. The van der Waals surface area contributed by atoms with Gasteiger partial charge in [-0.3, -0.25) is 14.5 Å². The molecule has 3 atom stereocenters. The maximum absolute atomic E-state index is 11.7. The molecule has 1 N–H and O–H groups in total. The van der Waals surface area contributed by atoms with Gasteiger partial charge < -0.3 is 5.32 Å². The SMILES string of the molecule is CN1C(=O)CC(NC2CCCC2C#N)C1=O. The summed E-state index contributed by atoms with van der Waals surface area (Å²) >= 11 is 0. The van der Waals surface area contributed by atoms with E-state index in [9.17, 15) is 9.59 Å². The van der Waals surface area contributed by atoms with Crippen molar-refractivity contribution >= 4 is 11.8 Å². The molecule has 0 spiro atoms. The first-order valence-corrected chi connectivity index (χ1v) is 5.59. The topological polar surface area (TPSA) is 73.2 Å². The molecule has 2 aliphatic rings. The molecule has 16 heavy (non-hydrogen) atoms. The third kappa shape index (κ3) is 1.81. The van der Waals surface area contributed by atoms with E-state index in [1.165, 1.54) is 7.05 Å². The Labute approximate surface area is 94.4 Å². The number of amides is 2. The van der Waals surface area contributed by atoms with Gasteiger partial charge in [0.25, 0.3) is 0 Å². The van der Waals surface area contributed by atoms with E-state index in [-0.39, 0.29) is 30.2 Å². The number of imide groups is 1. The molecule has 2 rings (SSSR count). The first-order valence-electron chi connectivity index (χ1n) is 5.59.